The van der Waals surface area contributed by atoms with Gasteiger partial charge in [0.2, 0.25) is 3.79 Å². The predicted molar refractivity (Wildman–Crippen MR) is 90.9 cm³/mol. The fourth-order valence-corrected chi connectivity index (χ4v) is 2.08. The number of benzene rings is 1. The molecule has 0 spiro atoms. The largest absolute Gasteiger partial charge is 0.439 e. The average molecular weight is 364 g/mol. The zero-order valence-electron chi connectivity index (χ0n) is 12.3. The van der Waals surface area contributed by atoms with Crippen molar-refractivity contribution in [1.29, 1.82) is 0 Å². The van der Waals surface area contributed by atoms with Crippen LogP contribution >= 0.6 is 34.8 Å². The fourth-order valence-electron chi connectivity index (χ4n) is 1.96. The van der Waals surface area contributed by atoms with Crippen molar-refractivity contribution < 1.29 is 9.53 Å². The number of amides is 1. The third kappa shape index (κ3) is 4.00. The third-order valence-electron chi connectivity index (χ3n) is 3.37. The van der Waals surface area contributed by atoms with Gasteiger partial charge in [-0.15, -0.1) is 0 Å². The van der Waals surface area contributed by atoms with E-state index in [0.717, 1.165) is 16.5 Å². The van der Waals surface area contributed by atoms with Crippen LogP contribution in [0.4, 0.5) is 4.79 Å². The molecule has 0 atom stereocenters. The monoisotopic (exact) mass is 362 g/mol. The second kappa shape index (κ2) is 6.57. The smallest absolute Gasteiger partial charge is 0.407 e. The molecule has 0 saturated heterocycles. The Morgan fingerprint density at radius 3 is 2.64 bits per heavy atom. The molecule has 2 rings (SSSR count). The van der Waals surface area contributed by atoms with Crippen LogP contribution in [0.15, 0.2) is 30.5 Å². The predicted octanol–water partition coefficient (Wildman–Crippen LogP) is 4.59. The summed E-state index contributed by atoms with van der Waals surface area (Å²) in [4.78, 5) is 15.0. The van der Waals surface area contributed by atoms with Crippen molar-refractivity contribution in [3.05, 3.63) is 36.0 Å². The number of fused-ring (bicyclic) bond motifs is 1. The first-order chi connectivity index (χ1) is 10.2. The number of nitrogens with one attached hydrogen (secondary N) is 2. The number of carbonyl (C=O) groups is 1. The molecule has 1 aromatic carbocycles. The molecule has 0 fully saturated rings. The highest BCUT2D eigenvalue weighted by molar-refractivity contribution is 6.68. The summed E-state index contributed by atoms with van der Waals surface area (Å²) >= 11 is 17.3. The number of H-pyrrole nitrogens is 1. The Morgan fingerprint density at radius 2 is 1.95 bits per heavy atom. The van der Waals surface area contributed by atoms with Crippen molar-refractivity contribution in [2.45, 2.75) is 29.7 Å². The maximum atomic E-state index is 11.8. The molecule has 0 aliphatic heterocycles. The first kappa shape index (κ1) is 17.3. The maximum Gasteiger partial charge on any atom is 0.407 e. The van der Waals surface area contributed by atoms with E-state index in [1.165, 1.54) is 0 Å². The lowest BCUT2D eigenvalue weighted by atomic mass is 10.1. The van der Waals surface area contributed by atoms with Gasteiger partial charge in [-0.1, -0.05) is 53.0 Å². The minimum atomic E-state index is -1.69. The van der Waals surface area contributed by atoms with E-state index < -0.39 is 15.5 Å². The summed E-state index contributed by atoms with van der Waals surface area (Å²) in [5, 5.41) is 3.80. The molecule has 4 nitrogen and oxygen atoms in total. The summed E-state index contributed by atoms with van der Waals surface area (Å²) in [7, 11) is 0. The first-order valence-corrected chi connectivity index (χ1v) is 7.93. The van der Waals surface area contributed by atoms with E-state index in [1.807, 2.05) is 30.5 Å². The third-order valence-corrected chi connectivity index (χ3v) is 4.73. The van der Waals surface area contributed by atoms with Crippen molar-refractivity contribution in [1.82, 2.24) is 10.3 Å². The number of hydrogen-bond donors (Lipinski definition) is 2. The molecule has 0 unspecified atom stereocenters. The van der Waals surface area contributed by atoms with Crippen LogP contribution in [0.2, 0.25) is 0 Å². The van der Waals surface area contributed by atoms with E-state index in [-0.39, 0.29) is 0 Å². The zero-order chi connectivity index (χ0) is 16.4. The lowest BCUT2D eigenvalue weighted by Crippen LogP contribution is -2.44. The van der Waals surface area contributed by atoms with Crippen LogP contribution in [0.5, 0.6) is 0 Å². The van der Waals surface area contributed by atoms with E-state index in [1.54, 1.807) is 13.8 Å². The normalized spacial score (nSPS) is 12.4. The standard InChI is InChI=1S/C15H17Cl3N2O2/c1-14(2,15(16,17)18)22-13(21)19-8-7-10-9-20-12-6-4-3-5-11(10)12/h3-6,9,20H,7-8H2,1-2H3,(H,19,21). The number of carbonyl (C=O) groups excluding carboxylic acids is 1. The summed E-state index contributed by atoms with van der Waals surface area (Å²) in [5.41, 5.74) is 0.969. The molecule has 1 amide bonds. The number of para-hydroxylation sites is 1. The van der Waals surface area contributed by atoms with Gasteiger partial charge in [0.05, 0.1) is 0 Å². The van der Waals surface area contributed by atoms with Crippen molar-refractivity contribution in [3.63, 3.8) is 0 Å². The SMILES string of the molecule is CC(C)(OC(=O)NCCc1c[nH]c2ccccc12)C(Cl)(Cl)Cl. The fraction of sp³-hybridized carbons (Fsp3) is 0.400. The van der Waals surface area contributed by atoms with Gasteiger partial charge in [-0.25, -0.2) is 4.79 Å². The molecule has 0 bridgehead atoms. The molecule has 0 radical (unpaired) electrons. The van der Waals surface area contributed by atoms with Crippen LogP contribution in [0.3, 0.4) is 0 Å². The highest BCUT2D eigenvalue weighted by Crippen LogP contribution is 2.40. The van der Waals surface area contributed by atoms with Crippen LogP contribution in [0.25, 0.3) is 10.9 Å². The molecule has 0 aliphatic carbocycles. The minimum Gasteiger partial charge on any atom is -0.439 e. The number of aromatic amines is 1. The van der Waals surface area contributed by atoms with Crippen LogP contribution in [-0.4, -0.2) is 27.0 Å². The molecular formula is C15H17Cl3N2O2. The highest BCUT2D eigenvalue weighted by atomic mass is 35.6. The molecule has 1 heterocycles. The van der Waals surface area contributed by atoms with E-state index in [4.69, 9.17) is 39.5 Å². The Bertz CT molecular complexity index is 662. The quantitative estimate of drug-likeness (QED) is 0.781. The molecule has 0 saturated carbocycles. The number of aromatic nitrogens is 1. The molecule has 7 heteroatoms. The maximum absolute atomic E-state index is 11.8. The number of rotatable bonds is 4. The highest BCUT2D eigenvalue weighted by Gasteiger charge is 2.44. The first-order valence-electron chi connectivity index (χ1n) is 6.79. The number of ether oxygens (including phenoxy) is 1. The van der Waals surface area contributed by atoms with Gasteiger partial charge >= 0.3 is 6.09 Å². The van der Waals surface area contributed by atoms with Crippen molar-refractivity contribution >= 4 is 51.8 Å². The number of halogens is 3. The van der Waals surface area contributed by atoms with Gasteiger partial charge < -0.3 is 15.0 Å². The minimum absolute atomic E-state index is 0.427. The van der Waals surface area contributed by atoms with Crippen LogP contribution < -0.4 is 5.32 Å². The number of hydrogen-bond acceptors (Lipinski definition) is 2. The van der Waals surface area contributed by atoms with Gasteiger partial charge in [0.1, 0.15) is 0 Å². The molecule has 2 N–H and O–H groups in total. The van der Waals surface area contributed by atoms with Crippen molar-refractivity contribution in [3.8, 4) is 0 Å². The topological polar surface area (TPSA) is 54.1 Å². The Hall–Kier alpha value is -1.10. The molecule has 1 aromatic heterocycles. The van der Waals surface area contributed by atoms with Gasteiger partial charge in [0, 0.05) is 23.6 Å². The van der Waals surface area contributed by atoms with Crippen LogP contribution in [0, 0.1) is 0 Å². The Labute approximate surface area is 144 Å². The molecule has 22 heavy (non-hydrogen) atoms. The molecule has 2 aromatic rings. The van der Waals surface area contributed by atoms with Crippen molar-refractivity contribution in [2.75, 3.05) is 6.54 Å². The molecule has 0 aliphatic rings. The van der Waals surface area contributed by atoms with Gasteiger partial charge in [-0.05, 0) is 31.9 Å². The number of alkyl carbamates (subject to hydrolysis) is 1. The summed E-state index contributed by atoms with van der Waals surface area (Å²) in [6.45, 7) is 3.51. The summed E-state index contributed by atoms with van der Waals surface area (Å²) in [5.74, 6) is 0. The summed E-state index contributed by atoms with van der Waals surface area (Å²) in [6.07, 6.45) is 1.99. The van der Waals surface area contributed by atoms with E-state index in [2.05, 4.69) is 10.3 Å². The van der Waals surface area contributed by atoms with Gasteiger partial charge in [-0.2, -0.15) is 0 Å². The second-order valence-corrected chi connectivity index (χ2v) is 7.72. The summed E-state index contributed by atoms with van der Waals surface area (Å²) < 4.78 is 3.46. The molecular weight excluding hydrogens is 347 g/mol. The van der Waals surface area contributed by atoms with E-state index >= 15 is 0 Å². The summed E-state index contributed by atoms with van der Waals surface area (Å²) in [6, 6.07) is 7.98. The van der Waals surface area contributed by atoms with Crippen LogP contribution in [0.1, 0.15) is 19.4 Å². The zero-order valence-corrected chi connectivity index (χ0v) is 14.5. The van der Waals surface area contributed by atoms with Gasteiger partial charge in [0.25, 0.3) is 0 Å². The van der Waals surface area contributed by atoms with Crippen LogP contribution in [-0.2, 0) is 11.2 Å². The Kier molecular flexibility index (Phi) is 5.15. The van der Waals surface area contributed by atoms with Gasteiger partial charge in [-0.3, -0.25) is 0 Å². The Morgan fingerprint density at radius 1 is 1.27 bits per heavy atom. The van der Waals surface area contributed by atoms with Gasteiger partial charge in [0.15, 0.2) is 5.60 Å². The lowest BCUT2D eigenvalue weighted by molar-refractivity contribution is 0.0418. The Balaban J connectivity index is 1.87. The van der Waals surface area contributed by atoms with E-state index in [0.29, 0.717) is 13.0 Å². The number of alkyl halides is 3. The van der Waals surface area contributed by atoms with Crippen molar-refractivity contribution in [2.24, 2.45) is 0 Å². The molecule has 120 valence electrons. The van der Waals surface area contributed by atoms with E-state index in [9.17, 15) is 4.79 Å². The lowest BCUT2D eigenvalue weighted by Gasteiger charge is -2.31. The second-order valence-electron chi connectivity index (χ2n) is 5.43. The average Bonchev–Trinajstić information content (AvgIpc) is 2.80.